The molecule has 6 heteroatoms. The van der Waals surface area contributed by atoms with Crippen molar-refractivity contribution in [3.8, 4) is 0 Å². The van der Waals surface area contributed by atoms with Gasteiger partial charge in [0.05, 0.1) is 12.2 Å². The fourth-order valence-corrected chi connectivity index (χ4v) is 2.54. The SMILES string of the molecule is CC(C)OC1CC(Br)=C(C(F)(F)F)CC1C=O. The van der Waals surface area contributed by atoms with Gasteiger partial charge in [0.2, 0.25) is 0 Å². The van der Waals surface area contributed by atoms with Gasteiger partial charge in [0, 0.05) is 22.4 Å². The number of carbonyl (C=O) groups is 1. The van der Waals surface area contributed by atoms with Gasteiger partial charge in [0.1, 0.15) is 6.29 Å². The highest BCUT2D eigenvalue weighted by atomic mass is 79.9. The Labute approximate surface area is 106 Å². The van der Waals surface area contributed by atoms with E-state index in [1.54, 1.807) is 13.8 Å². The third kappa shape index (κ3) is 3.81. The summed E-state index contributed by atoms with van der Waals surface area (Å²) in [6.45, 7) is 3.58. The Balaban J connectivity index is 2.91. The Hall–Kier alpha value is -0.360. The van der Waals surface area contributed by atoms with Crippen molar-refractivity contribution in [1.82, 2.24) is 0 Å². The molecule has 0 bridgehead atoms. The van der Waals surface area contributed by atoms with Crippen molar-refractivity contribution < 1.29 is 22.7 Å². The van der Waals surface area contributed by atoms with Crippen LogP contribution in [0.4, 0.5) is 13.2 Å². The van der Waals surface area contributed by atoms with Gasteiger partial charge in [-0.2, -0.15) is 13.2 Å². The molecule has 0 saturated heterocycles. The number of hydrogen-bond acceptors (Lipinski definition) is 2. The van der Waals surface area contributed by atoms with Gasteiger partial charge in [-0.15, -0.1) is 0 Å². The number of carbonyl (C=O) groups excluding carboxylic acids is 1. The first-order chi connectivity index (χ1) is 7.75. The van der Waals surface area contributed by atoms with Crippen LogP contribution in [0.2, 0.25) is 0 Å². The summed E-state index contributed by atoms with van der Waals surface area (Å²) in [7, 11) is 0. The van der Waals surface area contributed by atoms with Crippen molar-refractivity contribution in [2.75, 3.05) is 0 Å². The lowest BCUT2D eigenvalue weighted by atomic mass is 9.86. The van der Waals surface area contributed by atoms with Gasteiger partial charge in [0.25, 0.3) is 0 Å². The molecule has 2 atom stereocenters. The second-order valence-corrected chi connectivity index (χ2v) is 5.27. The quantitative estimate of drug-likeness (QED) is 0.744. The first-order valence-corrected chi connectivity index (χ1v) is 6.10. The fraction of sp³-hybridized carbons (Fsp3) is 0.727. The molecule has 98 valence electrons. The minimum Gasteiger partial charge on any atom is -0.374 e. The lowest BCUT2D eigenvalue weighted by molar-refractivity contribution is -0.122. The maximum absolute atomic E-state index is 12.6. The van der Waals surface area contributed by atoms with E-state index in [2.05, 4.69) is 15.9 Å². The van der Waals surface area contributed by atoms with Gasteiger partial charge in [-0.25, -0.2) is 0 Å². The third-order valence-corrected chi connectivity index (χ3v) is 3.39. The largest absolute Gasteiger partial charge is 0.413 e. The van der Waals surface area contributed by atoms with Gasteiger partial charge < -0.3 is 9.53 Å². The maximum atomic E-state index is 12.6. The van der Waals surface area contributed by atoms with Crippen LogP contribution in [0.25, 0.3) is 0 Å². The van der Waals surface area contributed by atoms with Crippen molar-refractivity contribution in [2.24, 2.45) is 5.92 Å². The lowest BCUT2D eigenvalue weighted by Crippen LogP contribution is -2.34. The molecule has 1 rings (SSSR count). The van der Waals surface area contributed by atoms with Crippen molar-refractivity contribution in [3.05, 3.63) is 10.1 Å². The summed E-state index contributed by atoms with van der Waals surface area (Å²) in [5.74, 6) is -0.727. The smallest absolute Gasteiger partial charge is 0.374 e. The van der Waals surface area contributed by atoms with Crippen LogP contribution in [0, 0.1) is 5.92 Å². The summed E-state index contributed by atoms with van der Waals surface area (Å²) >= 11 is 2.94. The van der Waals surface area contributed by atoms with Crippen molar-refractivity contribution in [3.63, 3.8) is 0 Å². The number of alkyl halides is 3. The third-order valence-electron chi connectivity index (χ3n) is 2.59. The molecule has 2 nitrogen and oxygen atoms in total. The second-order valence-electron chi connectivity index (χ2n) is 4.31. The molecule has 0 aliphatic heterocycles. The Kier molecular flexibility index (Phi) is 4.77. The average Bonchev–Trinajstić information content (AvgIpc) is 2.14. The van der Waals surface area contributed by atoms with Crippen LogP contribution in [0.15, 0.2) is 10.1 Å². The molecule has 0 amide bonds. The Bertz CT molecular complexity index is 323. The van der Waals surface area contributed by atoms with E-state index in [1.807, 2.05) is 0 Å². The van der Waals surface area contributed by atoms with Crippen molar-refractivity contribution >= 4 is 22.2 Å². The number of aldehydes is 1. The number of ether oxygens (including phenoxy) is 1. The zero-order chi connectivity index (χ0) is 13.2. The molecule has 17 heavy (non-hydrogen) atoms. The molecule has 0 aromatic carbocycles. The minimum atomic E-state index is -4.39. The standard InChI is InChI=1S/C11H14BrF3O2/c1-6(2)17-10-4-9(12)8(11(13,14)15)3-7(10)5-16/h5-7,10H,3-4H2,1-2H3. The Morgan fingerprint density at radius 3 is 2.41 bits per heavy atom. The zero-order valence-corrected chi connectivity index (χ0v) is 11.1. The number of halogens is 4. The highest BCUT2D eigenvalue weighted by Gasteiger charge is 2.42. The van der Waals surface area contributed by atoms with Crippen molar-refractivity contribution in [1.29, 1.82) is 0 Å². The Morgan fingerprint density at radius 1 is 1.41 bits per heavy atom. The molecule has 0 aromatic heterocycles. The van der Waals surface area contributed by atoms with Crippen LogP contribution in [-0.2, 0) is 9.53 Å². The van der Waals surface area contributed by atoms with E-state index in [4.69, 9.17) is 4.74 Å². The van der Waals surface area contributed by atoms with E-state index in [-0.39, 0.29) is 23.4 Å². The minimum absolute atomic E-state index is 0.0914. The lowest BCUT2D eigenvalue weighted by Gasteiger charge is -2.31. The molecular formula is C11H14BrF3O2. The molecule has 1 aliphatic rings. The van der Waals surface area contributed by atoms with Gasteiger partial charge >= 0.3 is 6.18 Å². The Morgan fingerprint density at radius 2 is 2.00 bits per heavy atom. The van der Waals surface area contributed by atoms with Gasteiger partial charge in [-0.3, -0.25) is 0 Å². The summed E-state index contributed by atoms with van der Waals surface area (Å²) in [5.41, 5.74) is -0.654. The highest BCUT2D eigenvalue weighted by molar-refractivity contribution is 9.11. The molecule has 2 unspecified atom stereocenters. The van der Waals surface area contributed by atoms with E-state index >= 15 is 0 Å². The molecule has 0 saturated carbocycles. The molecule has 0 N–H and O–H groups in total. The van der Waals surface area contributed by atoms with Crippen molar-refractivity contribution in [2.45, 2.75) is 45.1 Å². The molecule has 0 spiro atoms. The average molecular weight is 315 g/mol. The zero-order valence-electron chi connectivity index (χ0n) is 9.55. The summed E-state index contributed by atoms with van der Waals surface area (Å²) in [6, 6.07) is 0. The number of hydrogen-bond donors (Lipinski definition) is 0. The topological polar surface area (TPSA) is 26.3 Å². The normalized spacial score (nSPS) is 26.5. The van der Waals surface area contributed by atoms with Gasteiger partial charge in [0.15, 0.2) is 0 Å². The van der Waals surface area contributed by atoms with Crippen LogP contribution >= 0.6 is 15.9 Å². The first-order valence-electron chi connectivity index (χ1n) is 5.31. The van der Waals surface area contributed by atoms with Crippen LogP contribution in [-0.4, -0.2) is 24.7 Å². The van der Waals surface area contributed by atoms with Gasteiger partial charge in [-0.1, -0.05) is 15.9 Å². The summed E-state index contributed by atoms with van der Waals surface area (Å²) < 4.78 is 43.5. The number of rotatable bonds is 3. The predicted octanol–water partition coefficient (Wildman–Crippen LogP) is 3.60. The van der Waals surface area contributed by atoms with Crippen LogP contribution in [0.3, 0.4) is 0 Å². The van der Waals surface area contributed by atoms with Crippen LogP contribution in [0.1, 0.15) is 26.7 Å². The molecule has 0 heterocycles. The summed E-state index contributed by atoms with van der Waals surface area (Å²) in [5, 5.41) is 0. The maximum Gasteiger partial charge on any atom is 0.413 e. The number of allylic oxidation sites excluding steroid dienone is 1. The molecule has 0 fully saturated rings. The summed E-state index contributed by atoms with van der Waals surface area (Å²) in [6.07, 6.45) is -4.65. The molecule has 0 radical (unpaired) electrons. The highest BCUT2D eigenvalue weighted by Crippen LogP contribution is 2.42. The fourth-order valence-electron chi connectivity index (χ4n) is 1.83. The second kappa shape index (κ2) is 5.52. The monoisotopic (exact) mass is 314 g/mol. The molecular weight excluding hydrogens is 301 g/mol. The van der Waals surface area contributed by atoms with E-state index in [1.165, 1.54) is 0 Å². The van der Waals surface area contributed by atoms with Crippen LogP contribution < -0.4 is 0 Å². The first kappa shape index (κ1) is 14.7. The molecule has 0 aromatic rings. The van der Waals surface area contributed by atoms with Gasteiger partial charge in [-0.05, 0) is 20.3 Å². The van der Waals surface area contributed by atoms with E-state index in [9.17, 15) is 18.0 Å². The predicted molar refractivity (Wildman–Crippen MR) is 60.8 cm³/mol. The van der Waals surface area contributed by atoms with E-state index in [0.717, 1.165) is 0 Å². The van der Waals surface area contributed by atoms with Crippen LogP contribution in [0.5, 0.6) is 0 Å². The summed E-state index contributed by atoms with van der Waals surface area (Å²) in [4.78, 5) is 10.8. The van der Waals surface area contributed by atoms with E-state index in [0.29, 0.717) is 6.29 Å². The molecule has 1 aliphatic carbocycles. The van der Waals surface area contributed by atoms with E-state index < -0.39 is 23.8 Å².